The van der Waals surface area contributed by atoms with Gasteiger partial charge in [-0.05, 0) is 110 Å². The predicted octanol–water partition coefficient (Wildman–Crippen LogP) is -0.253. The maximum absolute atomic E-state index is 15.3. The molecule has 1 saturated heterocycles. The predicted molar refractivity (Wildman–Crippen MR) is 465 cm³/mol. The van der Waals surface area contributed by atoms with Crippen molar-refractivity contribution in [2.45, 2.75) is 229 Å². The molecule has 1 aromatic heterocycles. The highest BCUT2D eigenvalue weighted by Crippen LogP contribution is 2.22. The number of aromatic amines is 1. The Morgan fingerprint density at radius 3 is 1.39 bits per heavy atom. The van der Waals surface area contributed by atoms with Crippen molar-refractivity contribution in [3.63, 3.8) is 0 Å². The number of nitrogens with one attached hydrogen (secondary N) is 16. The third-order valence-corrected chi connectivity index (χ3v) is 21.4. The van der Waals surface area contributed by atoms with Crippen LogP contribution in [0.25, 0.3) is 11.1 Å². The zero-order valence-electron chi connectivity index (χ0n) is 71.6. The Morgan fingerprint density at radius 2 is 0.906 bits per heavy atom. The Kier molecular flexibility index (Phi) is 42.1. The number of hydrogen-bond acceptors (Lipinski definition) is 21. The summed E-state index contributed by atoms with van der Waals surface area (Å²) in [4.78, 5) is 249. The molecule has 2 heterocycles. The average molecular weight is 1790 g/mol. The van der Waals surface area contributed by atoms with Gasteiger partial charge in [-0.3, -0.25) is 86.9 Å². The smallest absolute Gasteiger partial charge is 0.305 e. The summed E-state index contributed by atoms with van der Waals surface area (Å²) in [7, 11) is 0. The molecule has 40 nitrogen and oxygen atoms in total. The van der Waals surface area contributed by atoms with Crippen LogP contribution in [0.2, 0.25) is 0 Å². The number of nitrogens with two attached hydrogens (primary N) is 2. The Hall–Kier alpha value is -13.5. The van der Waals surface area contributed by atoms with E-state index in [9.17, 15) is 87.5 Å². The van der Waals surface area contributed by atoms with E-state index in [4.69, 9.17) is 16.9 Å². The molecule has 14 amide bonds. The van der Waals surface area contributed by atoms with E-state index >= 15 is 14.4 Å². The van der Waals surface area contributed by atoms with Gasteiger partial charge in [0.05, 0.1) is 30.6 Å². The molecule has 13 atom stereocenters. The number of imidazole rings is 1. The molecule has 0 saturated carbocycles. The minimum absolute atomic E-state index is 0.00163. The van der Waals surface area contributed by atoms with Crippen LogP contribution in [0.5, 0.6) is 5.75 Å². The largest absolute Gasteiger partial charge is 0.508 e. The zero-order chi connectivity index (χ0) is 93.4. The van der Waals surface area contributed by atoms with Crippen molar-refractivity contribution in [1.82, 2.24) is 84.4 Å². The summed E-state index contributed by atoms with van der Waals surface area (Å²) < 4.78 is 0. The van der Waals surface area contributed by atoms with E-state index in [1.807, 2.05) is 49.4 Å². The number of aliphatic carboxylic acids is 3. The summed E-state index contributed by atoms with van der Waals surface area (Å²) in [6.07, 6.45) is -1.09. The van der Waals surface area contributed by atoms with Gasteiger partial charge in [-0.1, -0.05) is 151 Å². The van der Waals surface area contributed by atoms with Crippen molar-refractivity contribution in [3.8, 4) is 16.9 Å². The maximum atomic E-state index is 15.3. The van der Waals surface area contributed by atoms with Crippen molar-refractivity contribution in [2.24, 2.45) is 23.3 Å². The van der Waals surface area contributed by atoms with Gasteiger partial charge < -0.3 is 111 Å². The van der Waals surface area contributed by atoms with Crippen molar-refractivity contribution >= 4 is 118 Å². The molecule has 1 aliphatic heterocycles. The van der Waals surface area contributed by atoms with Crippen LogP contribution in [0.15, 0.2) is 122 Å². The Morgan fingerprint density at radius 1 is 0.472 bits per heavy atom. The van der Waals surface area contributed by atoms with Crippen LogP contribution in [0.1, 0.15) is 147 Å². The maximum Gasteiger partial charge on any atom is 0.305 e. The van der Waals surface area contributed by atoms with Gasteiger partial charge in [-0.25, -0.2) is 4.98 Å². The summed E-state index contributed by atoms with van der Waals surface area (Å²) >= 11 is 0.727. The van der Waals surface area contributed by atoms with Crippen LogP contribution in [0, 0.1) is 17.2 Å². The van der Waals surface area contributed by atoms with Gasteiger partial charge in [-0.2, -0.15) is 0 Å². The van der Waals surface area contributed by atoms with Gasteiger partial charge in [0.25, 0.3) is 0 Å². The molecule has 1 unspecified atom stereocenters. The number of thioether (sulfide) groups is 1. The number of primary amides is 1. The van der Waals surface area contributed by atoms with Crippen molar-refractivity contribution in [2.75, 3.05) is 18.1 Å². The van der Waals surface area contributed by atoms with E-state index in [-0.39, 0.29) is 69.4 Å². The van der Waals surface area contributed by atoms with E-state index in [1.165, 1.54) is 57.6 Å². The first-order valence-electron chi connectivity index (χ1n) is 41.8. The fourth-order valence-electron chi connectivity index (χ4n) is 13.5. The second kappa shape index (κ2) is 52.3. The summed E-state index contributed by atoms with van der Waals surface area (Å²) in [6.45, 7) is 9.53. The number of carboxylic acid groups (broad SMARTS) is 3. The molecule has 127 heavy (non-hydrogen) atoms. The monoisotopic (exact) mass is 1780 g/mol. The fraction of sp³-hybridized carbons (Fsp3) is 0.477. The van der Waals surface area contributed by atoms with Gasteiger partial charge in [0, 0.05) is 44.2 Å². The number of unbranched alkanes of at least 4 members (excludes halogenated alkanes) is 2. The lowest BCUT2D eigenvalue weighted by atomic mass is 9.97. The average Bonchev–Trinajstić information content (AvgIpc) is 1.84. The van der Waals surface area contributed by atoms with Crippen LogP contribution in [0.3, 0.4) is 0 Å². The number of guanidine groups is 1. The van der Waals surface area contributed by atoms with E-state index in [2.05, 4.69) is 84.4 Å². The quantitative estimate of drug-likeness (QED) is 0.0160. The van der Waals surface area contributed by atoms with Gasteiger partial charge in [0.1, 0.15) is 84.3 Å². The second-order valence-corrected chi connectivity index (χ2v) is 32.7. The molecular formula is C86H117N19O21S. The lowest BCUT2D eigenvalue weighted by Crippen LogP contribution is -2.62. The highest BCUT2D eigenvalue weighted by atomic mass is 32.2. The SMILES string of the molecule is CCCCC[C@@H]1NC(=O)[C@H](CCCNC(=N)N)NC(=O)[C@H](C)NC(=O)CSCC(C(N)=O)NC(=O)[C@H](CC(=O)O)NC(=O)[C@H](CCCc2ccccc2)NC(=O)[C@H](Cc2ccc(-c3ccccc3)cc2)NC(=O)[C@H](CC(C)C)NC(=O)[C@H](C(C)C)NC(=O)[C@H](CCC(=O)O)NC(=O)[C@H](CC(=O)O)NC(=O)[C@H](Cc2c[nH]cn2)NC(=O)[C@H](Cc2ccc(O)cc2)NC1=O. The molecule has 688 valence electrons. The number of aromatic nitrogens is 2. The van der Waals surface area contributed by atoms with Crippen molar-refractivity contribution < 1.29 is 102 Å². The number of hydrogen-bond donors (Lipinski definition) is 22. The summed E-state index contributed by atoms with van der Waals surface area (Å²) in [6, 6.07) is 8.47. The normalized spacial score (nSPS) is 22.7. The van der Waals surface area contributed by atoms with Crippen LogP contribution in [0.4, 0.5) is 0 Å². The number of carbonyl (C=O) groups is 17. The molecule has 1 aliphatic rings. The van der Waals surface area contributed by atoms with Crippen LogP contribution < -0.4 is 85.9 Å². The number of phenols is 1. The minimum Gasteiger partial charge on any atom is -0.508 e. The molecule has 0 spiro atoms. The number of aromatic hydroxyl groups is 1. The number of nitrogens with zero attached hydrogens (tertiary/aromatic N) is 1. The number of benzene rings is 4. The highest BCUT2D eigenvalue weighted by Gasteiger charge is 2.40. The molecule has 0 bridgehead atoms. The topological polar surface area (TPSA) is 644 Å². The Balaban J connectivity index is 1.45. The van der Waals surface area contributed by atoms with Gasteiger partial charge in [-0.15, -0.1) is 11.8 Å². The molecule has 1 fully saturated rings. The van der Waals surface area contributed by atoms with E-state index in [0.29, 0.717) is 36.8 Å². The molecule has 0 radical (unpaired) electrons. The fourth-order valence-corrected chi connectivity index (χ4v) is 14.4. The summed E-state index contributed by atoms with van der Waals surface area (Å²) in [5, 5.41) is 83.9. The zero-order valence-corrected chi connectivity index (χ0v) is 72.4. The lowest BCUT2D eigenvalue weighted by molar-refractivity contribution is -0.142. The van der Waals surface area contributed by atoms with Gasteiger partial charge in [0.2, 0.25) is 82.7 Å². The molecule has 5 aromatic rings. The summed E-state index contributed by atoms with van der Waals surface area (Å²) in [5.41, 5.74) is 14.6. The van der Waals surface area contributed by atoms with E-state index < -0.39 is 241 Å². The number of amides is 14. The molecular weight excluding hydrogens is 1670 g/mol. The Bertz CT molecular complexity index is 4590. The number of carboxylic acids is 3. The van der Waals surface area contributed by atoms with E-state index in [1.54, 1.807) is 56.3 Å². The van der Waals surface area contributed by atoms with Crippen LogP contribution >= 0.6 is 11.8 Å². The van der Waals surface area contributed by atoms with Crippen molar-refractivity contribution in [3.05, 3.63) is 144 Å². The van der Waals surface area contributed by atoms with Gasteiger partial charge >= 0.3 is 17.9 Å². The van der Waals surface area contributed by atoms with E-state index in [0.717, 1.165) is 28.5 Å². The van der Waals surface area contributed by atoms with Crippen molar-refractivity contribution in [1.29, 1.82) is 5.41 Å². The number of phenolic OH excluding ortho intramolecular Hbond substituents is 1. The molecule has 0 aliphatic carbocycles. The molecule has 24 N–H and O–H groups in total. The van der Waals surface area contributed by atoms with Crippen LogP contribution in [-0.2, 0) is 107 Å². The number of rotatable bonds is 30. The second-order valence-electron chi connectivity index (χ2n) is 31.6. The number of carbonyl (C=O) groups excluding carboxylic acids is 14. The first kappa shape index (κ1) is 102. The highest BCUT2D eigenvalue weighted by molar-refractivity contribution is 8.00. The molecule has 6 rings (SSSR count). The first-order chi connectivity index (χ1) is 60.4. The molecule has 4 aromatic carbocycles. The Labute approximate surface area is 738 Å². The standard InChI is InChI=1S/C86H117N19O21S/c1-7-8-11-23-57-76(117)98-63(39-52-28-32-56(106)33-29-52)81(122)100-64(40-55-43-90-46-92-55)82(123)102-65(41-70(110)111)83(124)97-60(34-35-69(108)109)78(119)105-72(48(4)5)85(126)103-61(37-47(2)3)79(120)99-62(38-51-26-30-54(31-27-51)53-21-14-10-15-22-53)80(121)96-58(24-16-20-50-18-12-9-13-19-50)77(118)101-66(42-71(112)113)84(125)104-67(73(87)114)44-127-45-68(107)93-49(6)74(115)94-59(75(116)95-57)25-17-36-91-86(88)89/h9-10,12-15,18-19,21-22,26-33,43,46-49,57-67,72,106H,7-8,11,16-17,20,23-25,34-42,44-45H2,1-6H3,(H2,87,114)(H,90,92)(H,93,107)(H,94,115)(H,95,116)(H,96,121)(H,97,124)(H,98,117)(H,99,120)(H,100,122)(H,101,118)(H,102,123)(H,103,126)(H,104,125)(H,105,119)(H,108,109)(H,110,111)(H,112,113)(H4,88,89,91)/t49-,57-,58-,59-,60-,61-,62-,63-,64-,65-,66-,67?,72-/m0/s1. The van der Waals surface area contributed by atoms with Gasteiger partial charge in [0.15, 0.2) is 5.96 Å². The van der Waals surface area contributed by atoms with Crippen LogP contribution in [-0.4, -0.2) is 234 Å². The number of aryl methyl sites for hydroxylation is 1. The molecule has 41 heteroatoms. The number of H-pyrrole nitrogens is 1. The third kappa shape index (κ3) is 36.3. The minimum atomic E-state index is -2.14. The third-order valence-electron chi connectivity index (χ3n) is 20.4. The lowest BCUT2D eigenvalue weighted by Gasteiger charge is -2.30. The first-order valence-corrected chi connectivity index (χ1v) is 43.0. The summed E-state index contributed by atoms with van der Waals surface area (Å²) in [5.74, 6) is -22.8.